The van der Waals surface area contributed by atoms with E-state index in [0.29, 0.717) is 17.4 Å². The number of ether oxygens (including phenoxy) is 1. The lowest BCUT2D eigenvalue weighted by molar-refractivity contribution is -0.949. The van der Waals surface area contributed by atoms with E-state index in [4.69, 9.17) is 4.74 Å². The molecular formula is C26H27N2O2+. The lowest BCUT2D eigenvalue weighted by atomic mass is 9.73. The topological polar surface area (TPSA) is 43.6 Å². The standard InChI is InChI=1S/C26H26N2O2/c1-2-18-17-28-15-13-20(18)16-24(28)25(30-26(29)19-8-4-3-5-9-19)22-12-14-27-23-11-7-6-10-21(22)23/h2-12,14,18,20,24-25H,1,13,15-17H2/p+1/t18-,20+,24+,25+/m0/s1. The Bertz CT molecular complexity index is 1060. The van der Waals surface area contributed by atoms with Gasteiger partial charge in [-0.05, 0) is 30.2 Å². The number of esters is 1. The van der Waals surface area contributed by atoms with Crippen LogP contribution in [0.2, 0.25) is 0 Å². The lowest BCUT2D eigenvalue weighted by Crippen LogP contribution is -3.20. The number of carbonyl (C=O) groups is 1. The second-order valence-corrected chi connectivity index (χ2v) is 8.51. The van der Waals surface area contributed by atoms with Gasteiger partial charge in [0, 0.05) is 35.9 Å². The average Bonchev–Trinajstić information content (AvgIpc) is 2.83. The quantitative estimate of drug-likeness (QED) is 0.527. The minimum atomic E-state index is -0.297. The molecule has 4 heterocycles. The molecule has 2 bridgehead atoms. The van der Waals surface area contributed by atoms with Crippen molar-refractivity contribution >= 4 is 16.9 Å². The number of pyridine rings is 1. The Labute approximate surface area is 177 Å². The van der Waals surface area contributed by atoms with E-state index in [1.807, 2.05) is 60.8 Å². The highest BCUT2D eigenvalue weighted by atomic mass is 16.5. The summed E-state index contributed by atoms with van der Waals surface area (Å²) in [5.41, 5.74) is 2.59. The van der Waals surface area contributed by atoms with Gasteiger partial charge in [0.15, 0.2) is 6.10 Å². The van der Waals surface area contributed by atoms with Gasteiger partial charge in [-0.2, -0.15) is 0 Å². The van der Waals surface area contributed by atoms with Crippen LogP contribution in [0, 0.1) is 11.8 Å². The molecular weight excluding hydrogens is 372 g/mol. The van der Waals surface area contributed by atoms with Crippen LogP contribution in [-0.4, -0.2) is 30.1 Å². The zero-order valence-corrected chi connectivity index (χ0v) is 17.0. The van der Waals surface area contributed by atoms with Gasteiger partial charge >= 0.3 is 5.97 Å². The lowest BCUT2D eigenvalue weighted by Gasteiger charge is -2.48. The van der Waals surface area contributed by atoms with E-state index in [1.54, 1.807) is 0 Å². The van der Waals surface area contributed by atoms with Crippen LogP contribution in [0.25, 0.3) is 10.9 Å². The van der Waals surface area contributed by atoms with Crippen LogP contribution in [-0.2, 0) is 4.74 Å². The fraction of sp³-hybridized carbons (Fsp3) is 0.308. The Morgan fingerprint density at radius 1 is 1.13 bits per heavy atom. The number of fused-ring (bicyclic) bond motifs is 4. The highest BCUT2D eigenvalue weighted by Gasteiger charge is 2.47. The van der Waals surface area contributed by atoms with Crippen LogP contribution in [0.15, 0.2) is 79.5 Å². The summed E-state index contributed by atoms with van der Waals surface area (Å²) in [4.78, 5) is 19.1. The summed E-state index contributed by atoms with van der Waals surface area (Å²) in [5, 5.41) is 1.06. The predicted octanol–water partition coefficient (Wildman–Crippen LogP) is 3.61. The van der Waals surface area contributed by atoms with Crippen LogP contribution in [0.4, 0.5) is 0 Å². The normalized spacial score (nSPS) is 26.3. The summed E-state index contributed by atoms with van der Waals surface area (Å²) in [6.07, 6.45) is 5.93. The average molecular weight is 400 g/mol. The van der Waals surface area contributed by atoms with E-state index in [1.165, 1.54) is 11.3 Å². The minimum absolute atomic E-state index is 0.249. The first-order valence-corrected chi connectivity index (χ1v) is 10.8. The van der Waals surface area contributed by atoms with Crippen molar-refractivity contribution in [3.8, 4) is 0 Å². The number of benzene rings is 2. The number of piperidine rings is 3. The molecule has 152 valence electrons. The Hall–Kier alpha value is -2.98. The van der Waals surface area contributed by atoms with E-state index in [9.17, 15) is 4.79 Å². The van der Waals surface area contributed by atoms with Crippen molar-refractivity contribution in [3.63, 3.8) is 0 Å². The molecule has 5 atom stereocenters. The number of rotatable bonds is 5. The summed E-state index contributed by atoms with van der Waals surface area (Å²) < 4.78 is 6.28. The predicted molar refractivity (Wildman–Crippen MR) is 117 cm³/mol. The zero-order valence-electron chi connectivity index (χ0n) is 17.0. The number of hydrogen-bond acceptors (Lipinski definition) is 3. The molecule has 1 N–H and O–H groups in total. The van der Waals surface area contributed by atoms with Crippen LogP contribution in [0.3, 0.4) is 0 Å². The Morgan fingerprint density at radius 2 is 1.93 bits per heavy atom. The number of quaternary nitrogens is 1. The molecule has 1 unspecified atom stereocenters. The number of para-hydroxylation sites is 1. The van der Waals surface area contributed by atoms with Gasteiger partial charge in [0.05, 0.1) is 24.2 Å². The molecule has 0 spiro atoms. The fourth-order valence-corrected chi connectivity index (χ4v) is 5.38. The van der Waals surface area contributed by atoms with Gasteiger partial charge in [-0.1, -0.05) is 42.5 Å². The van der Waals surface area contributed by atoms with Crippen molar-refractivity contribution in [1.82, 2.24) is 4.98 Å². The first kappa shape index (κ1) is 19.0. The summed E-state index contributed by atoms with van der Waals surface area (Å²) in [6, 6.07) is 19.7. The summed E-state index contributed by atoms with van der Waals surface area (Å²) in [6.45, 7) is 6.25. The third-order valence-corrected chi connectivity index (χ3v) is 6.92. The molecule has 3 saturated heterocycles. The van der Waals surface area contributed by atoms with Crippen LogP contribution < -0.4 is 4.90 Å². The largest absolute Gasteiger partial charge is 0.447 e. The molecule has 4 nitrogen and oxygen atoms in total. The Morgan fingerprint density at radius 3 is 2.70 bits per heavy atom. The van der Waals surface area contributed by atoms with Gasteiger partial charge in [0.25, 0.3) is 0 Å². The van der Waals surface area contributed by atoms with E-state index in [0.717, 1.165) is 36.0 Å². The van der Waals surface area contributed by atoms with Gasteiger partial charge in [-0.25, -0.2) is 4.79 Å². The molecule has 4 heteroatoms. The molecule has 0 saturated carbocycles. The SMILES string of the molecule is C=C[C@H]1C[NH+]2CC[C@@H]1C[C@@H]2[C@H](OC(=O)c1ccccc1)c1ccnc2ccccc12. The van der Waals surface area contributed by atoms with Gasteiger partial charge in [0.1, 0.15) is 6.04 Å². The molecule has 6 rings (SSSR count). The van der Waals surface area contributed by atoms with Crippen LogP contribution in [0.5, 0.6) is 0 Å². The van der Waals surface area contributed by atoms with Crippen molar-refractivity contribution < 1.29 is 14.4 Å². The number of hydrogen-bond donors (Lipinski definition) is 1. The van der Waals surface area contributed by atoms with Crippen molar-refractivity contribution in [2.45, 2.75) is 25.0 Å². The van der Waals surface area contributed by atoms with Gasteiger partial charge < -0.3 is 9.64 Å². The fourth-order valence-electron chi connectivity index (χ4n) is 5.38. The monoisotopic (exact) mass is 399 g/mol. The van der Waals surface area contributed by atoms with Gasteiger partial charge in [-0.15, -0.1) is 6.58 Å². The molecule has 30 heavy (non-hydrogen) atoms. The third-order valence-electron chi connectivity index (χ3n) is 6.92. The second-order valence-electron chi connectivity index (χ2n) is 8.51. The number of aromatic nitrogens is 1. The van der Waals surface area contributed by atoms with Crippen molar-refractivity contribution in [1.29, 1.82) is 0 Å². The molecule has 3 aromatic rings. The molecule has 0 amide bonds. The van der Waals surface area contributed by atoms with E-state index in [-0.39, 0.29) is 18.1 Å². The maximum atomic E-state index is 13.1. The minimum Gasteiger partial charge on any atom is -0.447 e. The van der Waals surface area contributed by atoms with Crippen molar-refractivity contribution in [2.24, 2.45) is 11.8 Å². The first-order valence-electron chi connectivity index (χ1n) is 10.8. The second kappa shape index (κ2) is 8.04. The zero-order chi connectivity index (χ0) is 20.5. The molecule has 0 aliphatic carbocycles. The Balaban J connectivity index is 1.54. The molecule has 2 aromatic carbocycles. The Kier molecular flexibility index (Phi) is 5.09. The number of nitrogens with zero attached hydrogens (tertiary/aromatic N) is 1. The van der Waals surface area contributed by atoms with Crippen molar-refractivity contribution in [3.05, 3.63) is 90.6 Å². The highest BCUT2D eigenvalue weighted by Crippen LogP contribution is 2.36. The highest BCUT2D eigenvalue weighted by molar-refractivity contribution is 5.90. The first-order chi connectivity index (χ1) is 14.7. The summed E-state index contributed by atoms with van der Waals surface area (Å²) in [7, 11) is 0. The molecule has 3 fully saturated rings. The molecule has 3 aliphatic rings. The van der Waals surface area contributed by atoms with Gasteiger partial charge in [-0.3, -0.25) is 4.98 Å². The van der Waals surface area contributed by atoms with Crippen LogP contribution >= 0.6 is 0 Å². The number of nitrogens with one attached hydrogen (secondary N) is 1. The maximum absolute atomic E-state index is 13.1. The van der Waals surface area contributed by atoms with E-state index >= 15 is 0 Å². The summed E-state index contributed by atoms with van der Waals surface area (Å²) >= 11 is 0. The molecule has 1 aromatic heterocycles. The maximum Gasteiger partial charge on any atom is 0.338 e. The van der Waals surface area contributed by atoms with Crippen molar-refractivity contribution in [2.75, 3.05) is 13.1 Å². The van der Waals surface area contributed by atoms with E-state index < -0.39 is 0 Å². The van der Waals surface area contributed by atoms with E-state index in [2.05, 4.69) is 23.7 Å². The summed E-state index contributed by atoms with van der Waals surface area (Å²) in [5.74, 6) is 0.921. The van der Waals surface area contributed by atoms with Crippen LogP contribution in [0.1, 0.15) is 34.9 Å². The van der Waals surface area contributed by atoms with Gasteiger partial charge in [0.2, 0.25) is 0 Å². The third kappa shape index (κ3) is 3.41. The molecule has 3 aliphatic heterocycles. The smallest absolute Gasteiger partial charge is 0.338 e. The number of carbonyl (C=O) groups excluding carboxylic acids is 1. The molecule has 0 radical (unpaired) electrons.